The predicted molar refractivity (Wildman–Crippen MR) is 157 cm³/mol. The summed E-state index contributed by atoms with van der Waals surface area (Å²) in [5, 5.41) is 2.58. The van der Waals surface area contributed by atoms with Gasteiger partial charge >= 0.3 is 6.18 Å². The summed E-state index contributed by atoms with van der Waals surface area (Å²) in [6.07, 6.45) is -4.28. The molecule has 1 atom stereocenters. The van der Waals surface area contributed by atoms with Gasteiger partial charge < -0.3 is 10.2 Å². The molecule has 42 heavy (non-hydrogen) atoms. The number of benzene rings is 3. The molecule has 1 N–H and O–H groups in total. The van der Waals surface area contributed by atoms with Gasteiger partial charge in [-0.1, -0.05) is 66.0 Å². The SMILES string of the molecule is CCCNC(=O)[C@@H](C)N(Cc1ccc(Cl)cc1Cl)C(=O)CN(c1ccc(Cl)c(C(F)(F)F)c1)S(=O)(=O)c1ccccc1. The Morgan fingerprint density at radius 3 is 2.21 bits per heavy atom. The zero-order valence-corrected chi connectivity index (χ0v) is 25.5. The van der Waals surface area contributed by atoms with E-state index in [-0.39, 0.29) is 16.5 Å². The highest BCUT2D eigenvalue weighted by atomic mass is 35.5. The monoisotopic (exact) mass is 663 g/mol. The van der Waals surface area contributed by atoms with E-state index >= 15 is 0 Å². The van der Waals surface area contributed by atoms with Crippen molar-refractivity contribution in [2.75, 3.05) is 17.4 Å². The van der Waals surface area contributed by atoms with E-state index in [4.69, 9.17) is 34.8 Å². The van der Waals surface area contributed by atoms with E-state index in [1.54, 1.807) is 12.1 Å². The Morgan fingerprint density at radius 1 is 0.952 bits per heavy atom. The average Bonchev–Trinajstić information content (AvgIpc) is 2.94. The molecule has 0 aliphatic heterocycles. The number of sulfonamides is 1. The molecule has 0 saturated carbocycles. The van der Waals surface area contributed by atoms with Crippen LogP contribution in [0, 0.1) is 0 Å². The summed E-state index contributed by atoms with van der Waals surface area (Å²) in [5.41, 5.74) is -1.32. The van der Waals surface area contributed by atoms with Crippen molar-refractivity contribution in [3.63, 3.8) is 0 Å². The minimum Gasteiger partial charge on any atom is -0.354 e. The van der Waals surface area contributed by atoms with Gasteiger partial charge in [-0.05, 0) is 61.4 Å². The molecule has 0 aliphatic rings. The molecule has 0 saturated heterocycles. The van der Waals surface area contributed by atoms with E-state index in [2.05, 4.69) is 5.32 Å². The summed E-state index contributed by atoms with van der Waals surface area (Å²) in [5.74, 6) is -1.39. The molecule has 3 rings (SSSR count). The van der Waals surface area contributed by atoms with Crippen molar-refractivity contribution >= 4 is 62.3 Å². The number of hydrogen-bond acceptors (Lipinski definition) is 4. The zero-order valence-electron chi connectivity index (χ0n) is 22.5. The lowest BCUT2D eigenvalue weighted by Gasteiger charge is -2.32. The summed E-state index contributed by atoms with van der Waals surface area (Å²) in [6.45, 7) is 2.46. The molecule has 14 heteroatoms. The Hall–Kier alpha value is -2.99. The van der Waals surface area contributed by atoms with E-state index in [0.717, 1.165) is 17.0 Å². The van der Waals surface area contributed by atoms with Gasteiger partial charge in [-0.2, -0.15) is 13.2 Å². The number of hydrogen-bond donors (Lipinski definition) is 1. The van der Waals surface area contributed by atoms with Gasteiger partial charge in [0.25, 0.3) is 10.0 Å². The second-order valence-corrected chi connectivity index (χ2v) is 12.3. The van der Waals surface area contributed by atoms with Crippen molar-refractivity contribution in [1.82, 2.24) is 10.2 Å². The number of rotatable bonds is 11. The van der Waals surface area contributed by atoms with Crippen LogP contribution in [0.5, 0.6) is 0 Å². The quantitative estimate of drug-likeness (QED) is 0.244. The van der Waals surface area contributed by atoms with E-state index in [0.29, 0.717) is 33.9 Å². The van der Waals surface area contributed by atoms with Crippen LogP contribution < -0.4 is 9.62 Å². The van der Waals surface area contributed by atoms with Crippen LogP contribution in [-0.2, 0) is 32.3 Å². The van der Waals surface area contributed by atoms with Crippen molar-refractivity contribution in [3.8, 4) is 0 Å². The summed E-state index contributed by atoms with van der Waals surface area (Å²) in [7, 11) is -4.57. The summed E-state index contributed by atoms with van der Waals surface area (Å²) < 4.78 is 69.2. The molecule has 0 aliphatic carbocycles. The second kappa shape index (κ2) is 14.0. The molecule has 226 valence electrons. The van der Waals surface area contributed by atoms with Crippen LogP contribution in [0.2, 0.25) is 15.1 Å². The van der Waals surface area contributed by atoms with E-state index in [1.807, 2.05) is 6.92 Å². The standard InChI is InChI=1S/C28H27Cl3F3N3O4S/c1-3-13-35-27(39)18(2)36(16-19-9-10-20(29)14-25(19)31)26(38)17-37(42(40,41)22-7-5-4-6-8-22)21-11-12-24(30)23(15-21)28(32,33)34/h4-12,14-15,18H,3,13,16-17H2,1-2H3,(H,35,39)/t18-/m1/s1. The Morgan fingerprint density at radius 2 is 1.62 bits per heavy atom. The third-order valence-electron chi connectivity index (χ3n) is 6.23. The predicted octanol–water partition coefficient (Wildman–Crippen LogP) is 6.80. The fourth-order valence-electron chi connectivity index (χ4n) is 3.95. The van der Waals surface area contributed by atoms with Crippen molar-refractivity contribution in [1.29, 1.82) is 0 Å². The molecule has 0 spiro atoms. The molecule has 0 heterocycles. The van der Waals surface area contributed by atoms with Gasteiger partial charge in [0.05, 0.1) is 21.2 Å². The van der Waals surface area contributed by atoms with Gasteiger partial charge in [0, 0.05) is 23.1 Å². The average molecular weight is 665 g/mol. The van der Waals surface area contributed by atoms with Crippen LogP contribution in [0.1, 0.15) is 31.4 Å². The van der Waals surface area contributed by atoms with Gasteiger partial charge in [0.2, 0.25) is 11.8 Å². The number of carbonyl (C=O) groups is 2. The van der Waals surface area contributed by atoms with Gasteiger partial charge in [0.1, 0.15) is 12.6 Å². The first-order chi connectivity index (χ1) is 19.7. The van der Waals surface area contributed by atoms with E-state index < -0.39 is 56.9 Å². The lowest BCUT2D eigenvalue weighted by atomic mass is 10.1. The first-order valence-electron chi connectivity index (χ1n) is 12.6. The van der Waals surface area contributed by atoms with E-state index in [9.17, 15) is 31.2 Å². The third kappa shape index (κ3) is 8.09. The van der Waals surface area contributed by atoms with E-state index in [1.165, 1.54) is 43.3 Å². The zero-order chi connectivity index (χ0) is 31.2. The smallest absolute Gasteiger partial charge is 0.354 e. The number of amides is 2. The maximum Gasteiger partial charge on any atom is 0.417 e. The second-order valence-electron chi connectivity index (χ2n) is 9.21. The fraction of sp³-hybridized carbons (Fsp3) is 0.286. The summed E-state index contributed by atoms with van der Waals surface area (Å²) in [4.78, 5) is 27.6. The van der Waals surface area contributed by atoms with Gasteiger partial charge in [-0.15, -0.1) is 0 Å². The largest absolute Gasteiger partial charge is 0.417 e. The number of nitrogens with one attached hydrogen (secondary N) is 1. The Bertz CT molecular complexity index is 1540. The summed E-state index contributed by atoms with van der Waals surface area (Å²) >= 11 is 18.1. The molecule has 0 bridgehead atoms. The number of anilines is 1. The highest BCUT2D eigenvalue weighted by molar-refractivity contribution is 7.92. The third-order valence-corrected chi connectivity index (χ3v) is 8.93. The highest BCUT2D eigenvalue weighted by Gasteiger charge is 2.37. The lowest BCUT2D eigenvalue weighted by molar-refractivity contribution is -0.139. The first kappa shape index (κ1) is 33.5. The Labute approximate surface area is 257 Å². The van der Waals surface area contributed by atoms with Crippen LogP contribution in [-0.4, -0.2) is 44.3 Å². The Kier molecular flexibility index (Phi) is 11.2. The van der Waals surface area contributed by atoms with Gasteiger partial charge in [0.15, 0.2) is 0 Å². The minimum atomic E-state index is -4.90. The molecule has 0 fully saturated rings. The topological polar surface area (TPSA) is 86.8 Å². The maximum absolute atomic E-state index is 13.9. The number of carbonyl (C=O) groups excluding carboxylic acids is 2. The van der Waals surface area contributed by atoms with Crippen molar-refractivity contribution < 1.29 is 31.2 Å². The van der Waals surface area contributed by atoms with Crippen LogP contribution in [0.15, 0.2) is 71.6 Å². The molecule has 3 aromatic rings. The number of nitrogens with zero attached hydrogens (tertiary/aromatic N) is 2. The fourth-order valence-corrected chi connectivity index (χ4v) is 6.07. The van der Waals surface area contributed by atoms with Crippen LogP contribution in [0.3, 0.4) is 0 Å². The number of halogens is 6. The highest BCUT2D eigenvalue weighted by Crippen LogP contribution is 2.38. The Balaban J connectivity index is 2.12. The molecule has 3 aromatic carbocycles. The van der Waals surface area contributed by atoms with Crippen molar-refractivity contribution in [3.05, 3.63) is 92.9 Å². The lowest BCUT2D eigenvalue weighted by Crippen LogP contribution is -2.51. The van der Waals surface area contributed by atoms with Crippen LogP contribution >= 0.6 is 34.8 Å². The maximum atomic E-state index is 13.9. The van der Waals surface area contributed by atoms with Gasteiger partial charge in [-0.25, -0.2) is 8.42 Å². The first-order valence-corrected chi connectivity index (χ1v) is 15.2. The molecular weight excluding hydrogens is 638 g/mol. The molecule has 2 amide bonds. The molecule has 7 nitrogen and oxygen atoms in total. The van der Waals surface area contributed by atoms with Crippen LogP contribution in [0.25, 0.3) is 0 Å². The normalized spacial score (nSPS) is 12.5. The number of alkyl halides is 3. The van der Waals surface area contributed by atoms with Crippen LogP contribution in [0.4, 0.5) is 18.9 Å². The molecular formula is C28H27Cl3F3N3O4S. The van der Waals surface area contributed by atoms with Crippen molar-refractivity contribution in [2.24, 2.45) is 0 Å². The molecule has 0 unspecified atom stereocenters. The molecule has 0 radical (unpaired) electrons. The van der Waals surface area contributed by atoms with Gasteiger partial charge in [-0.3, -0.25) is 13.9 Å². The summed E-state index contributed by atoms with van der Waals surface area (Å²) in [6, 6.07) is 12.9. The minimum absolute atomic E-state index is 0.197. The van der Waals surface area contributed by atoms with Crippen molar-refractivity contribution in [2.45, 2.75) is 43.9 Å². The molecule has 0 aromatic heterocycles.